The molecule has 1 aliphatic carbocycles. The van der Waals surface area contributed by atoms with Crippen molar-refractivity contribution in [2.24, 2.45) is 11.8 Å². The lowest BCUT2D eigenvalue weighted by Crippen LogP contribution is -2.29. The van der Waals surface area contributed by atoms with Crippen LogP contribution >= 0.6 is 15.9 Å². The topological polar surface area (TPSA) is 12.0 Å². The largest absolute Gasteiger partial charge is 0.313 e. The van der Waals surface area contributed by atoms with Gasteiger partial charge in [0.25, 0.3) is 0 Å². The van der Waals surface area contributed by atoms with Crippen molar-refractivity contribution < 1.29 is 0 Å². The molecule has 3 atom stereocenters. The average Bonchev–Trinajstić information content (AvgIpc) is 2.35. The SMILES string of the molecule is CNC(c1cc(Br)ccc1C)C1CCCC(C)C1. The second kappa shape index (κ2) is 6.21. The number of rotatable bonds is 3. The van der Waals surface area contributed by atoms with Crippen LogP contribution in [0.2, 0.25) is 0 Å². The van der Waals surface area contributed by atoms with E-state index in [4.69, 9.17) is 0 Å². The second-order valence-electron chi connectivity index (χ2n) is 5.80. The Labute approximate surface area is 119 Å². The zero-order valence-electron chi connectivity index (χ0n) is 11.7. The van der Waals surface area contributed by atoms with Gasteiger partial charge in [0, 0.05) is 10.5 Å². The van der Waals surface area contributed by atoms with E-state index in [-0.39, 0.29) is 0 Å². The van der Waals surface area contributed by atoms with E-state index in [1.165, 1.54) is 41.3 Å². The number of hydrogen-bond donors (Lipinski definition) is 1. The van der Waals surface area contributed by atoms with Gasteiger partial charge in [-0.1, -0.05) is 41.8 Å². The van der Waals surface area contributed by atoms with Crippen molar-refractivity contribution in [1.82, 2.24) is 5.32 Å². The number of aryl methyl sites for hydroxylation is 1. The fourth-order valence-corrected chi connectivity index (χ4v) is 3.75. The molecule has 0 bridgehead atoms. The third-order valence-electron chi connectivity index (χ3n) is 4.34. The molecule has 2 rings (SSSR count). The first-order valence-electron chi connectivity index (χ1n) is 7.05. The maximum Gasteiger partial charge on any atom is 0.0349 e. The van der Waals surface area contributed by atoms with E-state index in [0.717, 1.165) is 11.8 Å². The van der Waals surface area contributed by atoms with Crippen LogP contribution in [-0.4, -0.2) is 7.05 Å². The highest BCUT2D eigenvalue weighted by molar-refractivity contribution is 9.10. The lowest BCUT2D eigenvalue weighted by Gasteiger charge is -2.34. The number of nitrogens with one attached hydrogen (secondary N) is 1. The Morgan fingerprint density at radius 1 is 1.33 bits per heavy atom. The molecule has 1 nitrogen and oxygen atoms in total. The van der Waals surface area contributed by atoms with Crippen molar-refractivity contribution in [3.05, 3.63) is 33.8 Å². The smallest absolute Gasteiger partial charge is 0.0349 e. The van der Waals surface area contributed by atoms with E-state index in [1.807, 2.05) is 0 Å². The fourth-order valence-electron chi connectivity index (χ4n) is 3.38. The molecular formula is C16H24BrN. The van der Waals surface area contributed by atoms with Gasteiger partial charge in [-0.15, -0.1) is 0 Å². The highest BCUT2D eigenvalue weighted by Crippen LogP contribution is 2.38. The van der Waals surface area contributed by atoms with Crippen molar-refractivity contribution in [2.45, 2.75) is 45.6 Å². The Bertz CT molecular complexity index is 402. The molecule has 1 aromatic rings. The summed E-state index contributed by atoms with van der Waals surface area (Å²) >= 11 is 3.60. The van der Waals surface area contributed by atoms with Crippen LogP contribution in [0.15, 0.2) is 22.7 Å². The van der Waals surface area contributed by atoms with Gasteiger partial charge in [-0.05, 0) is 61.9 Å². The second-order valence-corrected chi connectivity index (χ2v) is 6.71. The standard InChI is InChI=1S/C16H24BrN/c1-11-5-4-6-13(9-11)16(18-3)15-10-14(17)8-7-12(15)2/h7-8,10-11,13,16,18H,4-6,9H2,1-3H3. The molecule has 1 aromatic carbocycles. The predicted molar refractivity (Wildman–Crippen MR) is 81.8 cm³/mol. The monoisotopic (exact) mass is 309 g/mol. The van der Waals surface area contributed by atoms with Gasteiger partial charge in [-0.2, -0.15) is 0 Å². The summed E-state index contributed by atoms with van der Waals surface area (Å²) in [5, 5.41) is 3.56. The van der Waals surface area contributed by atoms with Crippen molar-refractivity contribution in [2.75, 3.05) is 7.05 Å². The average molecular weight is 310 g/mol. The summed E-state index contributed by atoms with van der Waals surface area (Å²) in [5.74, 6) is 1.67. The molecule has 1 fully saturated rings. The van der Waals surface area contributed by atoms with Crippen molar-refractivity contribution in [1.29, 1.82) is 0 Å². The van der Waals surface area contributed by atoms with Gasteiger partial charge in [-0.25, -0.2) is 0 Å². The van der Waals surface area contributed by atoms with E-state index < -0.39 is 0 Å². The van der Waals surface area contributed by atoms with E-state index in [2.05, 4.69) is 60.3 Å². The third-order valence-corrected chi connectivity index (χ3v) is 4.83. The van der Waals surface area contributed by atoms with Gasteiger partial charge in [0.2, 0.25) is 0 Å². The minimum Gasteiger partial charge on any atom is -0.313 e. The fraction of sp³-hybridized carbons (Fsp3) is 0.625. The van der Waals surface area contributed by atoms with E-state index in [0.29, 0.717) is 6.04 Å². The Hall–Kier alpha value is -0.340. The maximum atomic E-state index is 3.60. The lowest BCUT2D eigenvalue weighted by atomic mass is 9.76. The van der Waals surface area contributed by atoms with Crippen LogP contribution in [0, 0.1) is 18.8 Å². The zero-order chi connectivity index (χ0) is 13.1. The molecule has 0 radical (unpaired) electrons. The first-order valence-corrected chi connectivity index (χ1v) is 7.84. The summed E-state index contributed by atoms with van der Waals surface area (Å²) in [6, 6.07) is 7.14. The quantitative estimate of drug-likeness (QED) is 0.842. The number of benzene rings is 1. The first kappa shape index (κ1) is 14.1. The van der Waals surface area contributed by atoms with Gasteiger partial charge < -0.3 is 5.32 Å². The third kappa shape index (κ3) is 3.16. The molecular weight excluding hydrogens is 286 g/mol. The van der Waals surface area contributed by atoms with Crippen LogP contribution in [0.25, 0.3) is 0 Å². The van der Waals surface area contributed by atoms with Gasteiger partial charge >= 0.3 is 0 Å². The Balaban J connectivity index is 2.24. The van der Waals surface area contributed by atoms with Crippen molar-refractivity contribution >= 4 is 15.9 Å². The highest BCUT2D eigenvalue weighted by Gasteiger charge is 2.27. The van der Waals surface area contributed by atoms with Crippen LogP contribution in [-0.2, 0) is 0 Å². The van der Waals surface area contributed by atoms with Crippen LogP contribution < -0.4 is 5.32 Å². The minimum absolute atomic E-state index is 0.505. The van der Waals surface area contributed by atoms with Gasteiger partial charge in [0.05, 0.1) is 0 Å². The normalized spacial score (nSPS) is 26.0. The molecule has 1 aliphatic rings. The molecule has 0 aliphatic heterocycles. The van der Waals surface area contributed by atoms with E-state index in [9.17, 15) is 0 Å². The molecule has 2 heteroatoms. The molecule has 3 unspecified atom stereocenters. The Kier molecular flexibility index (Phi) is 4.85. The molecule has 0 heterocycles. The Morgan fingerprint density at radius 2 is 2.11 bits per heavy atom. The summed E-state index contributed by atoms with van der Waals surface area (Å²) in [7, 11) is 2.10. The number of hydrogen-bond acceptors (Lipinski definition) is 1. The first-order chi connectivity index (χ1) is 8.61. The van der Waals surface area contributed by atoms with Gasteiger partial charge in [-0.3, -0.25) is 0 Å². The molecule has 0 amide bonds. The molecule has 0 aromatic heterocycles. The summed E-state index contributed by atoms with van der Waals surface area (Å²) in [5.41, 5.74) is 2.86. The summed E-state index contributed by atoms with van der Waals surface area (Å²) in [6.45, 7) is 4.62. The lowest BCUT2D eigenvalue weighted by molar-refractivity contribution is 0.229. The molecule has 1 saturated carbocycles. The van der Waals surface area contributed by atoms with Crippen LogP contribution in [0.1, 0.15) is 49.8 Å². The summed E-state index contributed by atoms with van der Waals surface area (Å²) in [4.78, 5) is 0. The molecule has 0 spiro atoms. The summed E-state index contributed by atoms with van der Waals surface area (Å²) < 4.78 is 1.19. The molecule has 1 N–H and O–H groups in total. The van der Waals surface area contributed by atoms with Crippen LogP contribution in [0.4, 0.5) is 0 Å². The summed E-state index contributed by atoms with van der Waals surface area (Å²) in [6.07, 6.45) is 5.51. The minimum atomic E-state index is 0.505. The van der Waals surface area contributed by atoms with Gasteiger partial charge in [0.15, 0.2) is 0 Å². The van der Waals surface area contributed by atoms with E-state index >= 15 is 0 Å². The number of halogens is 1. The zero-order valence-corrected chi connectivity index (χ0v) is 13.3. The van der Waals surface area contributed by atoms with Crippen molar-refractivity contribution in [3.8, 4) is 0 Å². The molecule has 18 heavy (non-hydrogen) atoms. The molecule has 100 valence electrons. The molecule has 0 saturated heterocycles. The van der Waals surface area contributed by atoms with Crippen LogP contribution in [0.3, 0.4) is 0 Å². The predicted octanol–water partition coefficient (Wildman–Crippen LogP) is 4.84. The Morgan fingerprint density at radius 3 is 2.78 bits per heavy atom. The van der Waals surface area contributed by atoms with Gasteiger partial charge in [0.1, 0.15) is 0 Å². The van der Waals surface area contributed by atoms with Crippen LogP contribution in [0.5, 0.6) is 0 Å². The van der Waals surface area contributed by atoms with Crippen molar-refractivity contribution in [3.63, 3.8) is 0 Å². The maximum absolute atomic E-state index is 3.60. The highest BCUT2D eigenvalue weighted by atomic mass is 79.9. The van der Waals surface area contributed by atoms with E-state index in [1.54, 1.807) is 0 Å².